The summed E-state index contributed by atoms with van der Waals surface area (Å²) in [5.74, 6) is 1.25. The highest BCUT2D eigenvalue weighted by Gasteiger charge is 2.35. The molecule has 2 heterocycles. The number of nitrogens with zero attached hydrogens (tertiary/aromatic N) is 1. The van der Waals surface area contributed by atoms with Gasteiger partial charge in [-0.15, -0.1) is 0 Å². The van der Waals surface area contributed by atoms with Crippen molar-refractivity contribution in [3.63, 3.8) is 0 Å². The first-order valence-electron chi connectivity index (χ1n) is 4.52. The van der Waals surface area contributed by atoms with Crippen LogP contribution in [-0.2, 0) is 0 Å². The van der Waals surface area contributed by atoms with Crippen molar-refractivity contribution in [2.45, 2.75) is 10.4 Å². The lowest BCUT2D eigenvalue weighted by Gasteiger charge is -1.98. The maximum atomic E-state index is 2.51. The Morgan fingerprint density at radius 3 is 3.00 bits per heavy atom. The second kappa shape index (κ2) is 5.05. The smallest absolute Gasteiger partial charge is 0.298 e. The summed E-state index contributed by atoms with van der Waals surface area (Å²) in [7, 11) is 0. The highest BCUT2D eigenvalue weighted by molar-refractivity contribution is 14.1. The van der Waals surface area contributed by atoms with Crippen LogP contribution in [0.5, 0.6) is 0 Å². The molecule has 0 saturated carbocycles. The average molecular weight is 461 g/mol. The lowest BCUT2D eigenvalue weighted by molar-refractivity contribution is -0.712. The largest absolute Gasteiger partial charge is 1.00 e. The third-order valence-electron chi connectivity index (χ3n) is 2.46. The standard InChI is InChI=1S/C10H9INS2.HI/c11-5-7-6-13-10-12(7)8-3-1-2-4-9(8)14-10;/h1-4,7H,5-6H2;1H/q+1;/p-1. The number of alkyl halides is 1. The summed E-state index contributed by atoms with van der Waals surface area (Å²) in [6.45, 7) is 0. The van der Waals surface area contributed by atoms with Gasteiger partial charge in [0.05, 0.1) is 10.2 Å². The number of para-hydroxylation sites is 1. The second-order valence-corrected chi connectivity index (χ2v) is 6.50. The summed E-state index contributed by atoms with van der Waals surface area (Å²) in [6.07, 6.45) is 0. The van der Waals surface area contributed by atoms with Gasteiger partial charge < -0.3 is 24.0 Å². The molecular weight excluding hydrogens is 452 g/mol. The third kappa shape index (κ3) is 2.04. The molecule has 1 aliphatic rings. The first kappa shape index (κ1) is 12.4. The number of aromatic nitrogens is 1. The van der Waals surface area contributed by atoms with Crippen LogP contribution in [0.25, 0.3) is 10.2 Å². The van der Waals surface area contributed by atoms with Crippen molar-refractivity contribution in [2.24, 2.45) is 0 Å². The first-order chi connectivity index (χ1) is 6.90. The van der Waals surface area contributed by atoms with E-state index in [0.29, 0.717) is 6.04 Å². The summed E-state index contributed by atoms with van der Waals surface area (Å²) in [5, 5.41) is 0. The first-order valence-corrected chi connectivity index (χ1v) is 7.85. The van der Waals surface area contributed by atoms with Crippen molar-refractivity contribution in [1.82, 2.24) is 0 Å². The molecule has 1 aromatic heterocycles. The molecule has 1 aliphatic heterocycles. The molecule has 1 aromatic carbocycles. The predicted octanol–water partition coefficient (Wildman–Crippen LogP) is 0.275. The predicted molar refractivity (Wildman–Crippen MR) is 70.7 cm³/mol. The molecule has 0 spiro atoms. The van der Waals surface area contributed by atoms with E-state index >= 15 is 0 Å². The third-order valence-corrected chi connectivity index (χ3v) is 6.01. The average Bonchev–Trinajstić information content (AvgIpc) is 2.75. The second-order valence-electron chi connectivity index (χ2n) is 3.32. The van der Waals surface area contributed by atoms with E-state index in [1.54, 1.807) is 0 Å². The highest BCUT2D eigenvalue weighted by Crippen LogP contribution is 2.36. The van der Waals surface area contributed by atoms with Gasteiger partial charge in [-0.25, -0.2) is 0 Å². The summed E-state index contributed by atoms with van der Waals surface area (Å²) < 4.78 is 6.62. The van der Waals surface area contributed by atoms with Crippen LogP contribution in [0.1, 0.15) is 6.04 Å². The van der Waals surface area contributed by atoms with E-state index < -0.39 is 0 Å². The normalized spacial score (nSPS) is 18.9. The lowest BCUT2D eigenvalue weighted by Crippen LogP contribution is -3.00. The summed E-state index contributed by atoms with van der Waals surface area (Å²) in [6, 6.07) is 9.41. The van der Waals surface area contributed by atoms with Crippen LogP contribution in [0, 0.1) is 0 Å². The molecule has 15 heavy (non-hydrogen) atoms. The quantitative estimate of drug-likeness (QED) is 0.336. The van der Waals surface area contributed by atoms with Crippen LogP contribution in [0.4, 0.5) is 0 Å². The Labute approximate surface area is 128 Å². The zero-order chi connectivity index (χ0) is 9.54. The van der Waals surface area contributed by atoms with E-state index in [4.69, 9.17) is 0 Å². The Bertz CT molecular complexity index is 483. The van der Waals surface area contributed by atoms with Gasteiger partial charge in [-0.3, -0.25) is 0 Å². The van der Waals surface area contributed by atoms with Crippen molar-refractivity contribution in [3.8, 4) is 0 Å². The number of rotatable bonds is 1. The van der Waals surface area contributed by atoms with Crippen molar-refractivity contribution in [1.29, 1.82) is 0 Å². The molecule has 0 fully saturated rings. The van der Waals surface area contributed by atoms with Crippen molar-refractivity contribution < 1.29 is 28.5 Å². The molecule has 0 saturated heterocycles. The van der Waals surface area contributed by atoms with E-state index in [1.807, 2.05) is 23.1 Å². The molecule has 2 aromatic rings. The van der Waals surface area contributed by atoms with Gasteiger partial charge in [-0.2, -0.15) is 4.57 Å². The molecule has 0 bridgehead atoms. The Kier molecular flexibility index (Phi) is 4.17. The van der Waals surface area contributed by atoms with E-state index in [2.05, 4.69) is 51.4 Å². The van der Waals surface area contributed by atoms with Gasteiger partial charge in [0.1, 0.15) is 4.70 Å². The molecule has 1 nitrogen and oxygen atoms in total. The molecule has 3 rings (SSSR count). The van der Waals surface area contributed by atoms with Gasteiger partial charge in [0, 0.05) is 6.07 Å². The number of hydrogen-bond acceptors (Lipinski definition) is 2. The summed E-state index contributed by atoms with van der Waals surface area (Å²) in [5.41, 5.74) is 1.42. The molecule has 80 valence electrons. The molecule has 0 amide bonds. The minimum Gasteiger partial charge on any atom is -1.00 e. The Balaban J connectivity index is 0.000000853. The molecular formula is C10H9I2NS2. The molecule has 0 N–H and O–H groups in total. The van der Waals surface area contributed by atoms with E-state index in [-0.39, 0.29) is 24.0 Å². The number of thiazole rings is 1. The summed E-state index contributed by atoms with van der Waals surface area (Å²) >= 11 is 6.42. The van der Waals surface area contributed by atoms with Crippen LogP contribution in [0.2, 0.25) is 0 Å². The van der Waals surface area contributed by atoms with E-state index in [9.17, 15) is 0 Å². The summed E-state index contributed by atoms with van der Waals surface area (Å²) in [4.78, 5) is 0. The van der Waals surface area contributed by atoms with Crippen LogP contribution < -0.4 is 28.5 Å². The van der Waals surface area contributed by atoms with Crippen LogP contribution in [0.15, 0.2) is 28.6 Å². The molecule has 1 unspecified atom stereocenters. The van der Waals surface area contributed by atoms with Gasteiger partial charge in [-0.05, 0) is 17.8 Å². The van der Waals surface area contributed by atoms with Gasteiger partial charge in [0.25, 0.3) is 4.34 Å². The molecule has 0 radical (unpaired) electrons. The SMILES string of the molecule is ICC1CSc2sc3ccccc3[n+]21.[I-]. The minimum absolute atomic E-state index is 0. The van der Waals surface area contributed by atoms with Gasteiger partial charge in [0.15, 0.2) is 6.04 Å². The van der Waals surface area contributed by atoms with Crippen molar-refractivity contribution in [2.75, 3.05) is 10.2 Å². The van der Waals surface area contributed by atoms with E-state index in [0.717, 1.165) is 0 Å². The number of benzene rings is 1. The van der Waals surface area contributed by atoms with Crippen LogP contribution in [0.3, 0.4) is 0 Å². The molecule has 0 aliphatic carbocycles. The van der Waals surface area contributed by atoms with E-state index in [1.165, 1.54) is 24.7 Å². The fourth-order valence-electron chi connectivity index (χ4n) is 1.78. The molecule has 5 heteroatoms. The number of hydrogen-bond donors (Lipinski definition) is 0. The zero-order valence-electron chi connectivity index (χ0n) is 7.82. The number of halogens is 2. The number of fused-ring (bicyclic) bond motifs is 3. The Morgan fingerprint density at radius 2 is 2.20 bits per heavy atom. The van der Waals surface area contributed by atoms with Gasteiger partial charge >= 0.3 is 0 Å². The van der Waals surface area contributed by atoms with Crippen molar-refractivity contribution in [3.05, 3.63) is 24.3 Å². The maximum absolute atomic E-state index is 2.51. The van der Waals surface area contributed by atoms with Gasteiger partial charge in [0.2, 0.25) is 5.52 Å². The van der Waals surface area contributed by atoms with Crippen LogP contribution in [-0.4, -0.2) is 10.2 Å². The van der Waals surface area contributed by atoms with Gasteiger partial charge in [-0.1, -0.05) is 46.1 Å². The number of thioether (sulfide) groups is 1. The maximum Gasteiger partial charge on any atom is 0.298 e. The minimum atomic E-state index is 0. The lowest BCUT2D eigenvalue weighted by atomic mass is 10.3. The fourth-order valence-corrected chi connectivity index (χ4v) is 5.56. The Hall–Kier alpha value is 0.920. The van der Waals surface area contributed by atoms with Crippen LogP contribution >= 0.6 is 45.7 Å². The van der Waals surface area contributed by atoms with Crippen molar-refractivity contribution >= 4 is 55.9 Å². The topological polar surface area (TPSA) is 3.88 Å². The fraction of sp³-hybridized carbons (Fsp3) is 0.300. The monoisotopic (exact) mass is 461 g/mol. The highest BCUT2D eigenvalue weighted by atomic mass is 127. The Morgan fingerprint density at radius 1 is 1.40 bits per heavy atom. The zero-order valence-corrected chi connectivity index (χ0v) is 13.8. The molecule has 1 atom stereocenters.